The second-order valence-corrected chi connectivity index (χ2v) is 10.2. The van der Waals surface area contributed by atoms with Gasteiger partial charge in [-0.05, 0) is 62.2 Å². The molecule has 1 saturated carbocycles. The fourth-order valence-electron chi connectivity index (χ4n) is 4.43. The highest BCUT2D eigenvalue weighted by atomic mass is 32.2. The molecule has 36 heavy (non-hydrogen) atoms. The number of aryl methyl sites for hydroxylation is 1. The van der Waals surface area contributed by atoms with Gasteiger partial charge >= 0.3 is 0 Å². The first-order valence-electron chi connectivity index (χ1n) is 12.0. The van der Waals surface area contributed by atoms with Crippen LogP contribution in [0.5, 0.6) is 0 Å². The number of rotatable bonds is 8. The van der Waals surface area contributed by atoms with Gasteiger partial charge in [0.1, 0.15) is 16.4 Å². The summed E-state index contributed by atoms with van der Waals surface area (Å²) in [5.74, 6) is -0.193. The Morgan fingerprint density at radius 3 is 2.50 bits per heavy atom. The number of nitrogens with one attached hydrogen (secondary N) is 2. The van der Waals surface area contributed by atoms with Crippen molar-refractivity contribution in [1.82, 2.24) is 4.90 Å². The van der Waals surface area contributed by atoms with Gasteiger partial charge < -0.3 is 15.1 Å². The van der Waals surface area contributed by atoms with E-state index in [1.54, 1.807) is 12.1 Å². The van der Waals surface area contributed by atoms with Crippen molar-refractivity contribution < 1.29 is 18.8 Å². The van der Waals surface area contributed by atoms with Crippen LogP contribution >= 0.6 is 11.8 Å². The van der Waals surface area contributed by atoms with Crippen LogP contribution in [0.1, 0.15) is 37.0 Å². The fourth-order valence-corrected chi connectivity index (χ4v) is 5.44. The molecule has 0 saturated heterocycles. The number of imide groups is 1. The minimum absolute atomic E-state index is 0.0346. The Labute approximate surface area is 213 Å². The van der Waals surface area contributed by atoms with Crippen LogP contribution in [0.15, 0.2) is 86.8 Å². The maximum Gasteiger partial charge on any atom is 0.278 e. The number of amides is 3. The van der Waals surface area contributed by atoms with Gasteiger partial charge in [-0.25, -0.2) is 0 Å². The van der Waals surface area contributed by atoms with E-state index >= 15 is 0 Å². The third-order valence-corrected chi connectivity index (χ3v) is 7.46. The first kappa shape index (κ1) is 23.9. The third-order valence-electron chi connectivity index (χ3n) is 6.39. The van der Waals surface area contributed by atoms with Crippen LogP contribution in [0.4, 0.5) is 11.4 Å². The minimum Gasteiger partial charge on any atom is -0.467 e. The van der Waals surface area contributed by atoms with Gasteiger partial charge in [0.2, 0.25) is 5.91 Å². The van der Waals surface area contributed by atoms with E-state index in [2.05, 4.69) is 10.6 Å². The highest BCUT2D eigenvalue weighted by molar-refractivity contribution is 8.04. The van der Waals surface area contributed by atoms with Gasteiger partial charge in [-0.15, -0.1) is 0 Å². The van der Waals surface area contributed by atoms with Gasteiger partial charge in [-0.1, -0.05) is 48.4 Å². The van der Waals surface area contributed by atoms with Gasteiger partial charge in [0.25, 0.3) is 11.8 Å². The van der Waals surface area contributed by atoms with Crippen LogP contribution in [0.3, 0.4) is 0 Å². The molecule has 0 atom stereocenters. The van der Waals surface area contributed by atoms with E-state index in [0.717, 1.165) is 36.1 Å². The Hall–Kier alpha value is -3.78. The molecule has 0 unspecified atom stereocenters. The summed E-state index contributed by atoms with van der Waals surface area (Å²) >= 11 is 1.21. The Morgan fingerprint density at radius 2 is 1.78 bits per heavy atom. The molecule has 1 aromatic heterocycles. The molecule has 2 aromatic carbocycles. The van der Waals surface area contributed by atoms with Gasteiger partial charge in [0.15, 0.2) is 0 Å². The Morgan fingerprint density at radius 1 is 1.00 bits per heavy atom. The standard InChI is InChI=1S/C28H27N3O4S/c1-18-11-13-20(14-12-18)29-24-25(28(34)31(27(24)33)17-22-9-5-15-35-22)36-23-10-4-8-21(16-23)30-26(32)19-6-2-3-7-19/h4-5,8-16,19,29H,2-3,6-7,17H2,1H3,(H,30,32). The normalized spacial score (nSPS) is 16.2. The summed E-state index contributed by atoms with van der Waals surface area (Å²) in [6, 6.07) is 18.4. The topological polar surface area (TPSA) is 91.7 Å². The van der Waals surface area contributed by atoms with Crippen LogP contribution in [0.25, 0.3) is 0 Å². The molecular formula is C28H27N3O4S. The van der Waals surface area contributed by atoms with Crippen LogP contribution in [-0.2, 0) is 20.9 Å². The van der Waals surface area contributed by atoms with Crippen LogP contribution in [0, 0.1) is 12.8 Å². The highest BCUT2D eigenvalue weighted by Crippen LogP contribution is 2.37. The molecule has 8 heteroatoms. The highest BCUT2D eigenvalue weighted by Gasteiger charge is 2.39. The monoisotopic (exact) mass is 501 g/mol. The second kappa shape index (κ2) is 10.5. The predicted octanol–water partition coefficient (Wildman–Crippen LogP) is 5.70. The number of hydrogen-bond acceptors (Lipinski definition) is 6. The predicted molar refractivity (Wildman–Crippen MR) is 139 cm³/mol. The number of benzene rings is 2. The zero-order valence-electron chi connectivity index (χ0n) is 20.0. The van der Waals surface area contributed by atoms with Gasteiger partial charge in [0, 0.05) is 22.2 Å². The molecule has 1 aliphatic carbocycles. The third kappa shape index (κ3) is 5.23. The lowest BCUT2D eigenvalue weighted by atomic mass is 10.1. The molecule has 1 aliphatic heterocycles. The van der Waals surface area contributed by atoms with Crippen molar-refractivity contribution in [2.45, 2.75) is 44.0 Å². The van der Waals surface area contributed by atoms with Crippen LogP contribution in [0.2, 0.25) is 0 Å². The maximum atomic E-state index is 13.4. The van der Waals surface area contributed by atoms with E-state index in [0.29, 0.717) is 22.0 Å². The summed E-state index contributed by atoms with van der Waals surface area (Å²) in [6.07, 6.45) is 5.53. The zero-order valence-corrected chi connectivity index (χ0v) is 20.8. The van der Waals surface area contributed by atoms with E-state index in [9.17, 15) is 14.4 Å². The number of hydrogen-bond donors (Lipinski definition) is 2. The fraction of sp³-hybridized carbons (Fsp3) is 0.250. The molecule has 2 aliphatic rings. The lowest BCUT2D eigenvalue weighted by molar-refractivity contribution is -0.138. The summed E-state index contributed by atoms with van der Waals surface area (Å²) in [6.45, 7) is 2.03. The quantitative estimate of drug-likeness (QED) is 0.385. The number of carbonyl (C=O) groups is 3. The molecule has 2 N–H and O–H groups in total. The first-order chi connectivity index (χ1) is 17.5. The van der Waals surface area contributed by atoms with E-state index in [1.807, 2.05) is 55.5 Å². The largest absolute Gasteiger partial charge is 0.467 e. The summed E-state index contributed by atoms with van der Waals surface area (Å²) in [4.78, 5) is 41.6. The molecule has 3 amide bonds. The number of nitrogens with zero attached hydrogens (tertiary/aromatic N) is 1. The average Bonchev–Trinajstić information content (AvgIpc) is 3.63. The van der Waals surface area contributed by atoms with Gasteiger partial charge in [-0.3, -0.25) is 19.3 Å². The molecule has 0 spiro atoms. The van der Waals surface area contributed by atoms with Crippen molar-refractivity contribution in [2.24, 2.45) is 5.92 Å². The summed E-state index contributed by atoms with van der Waals surface area (Å²) in [5.41, 5.74) is 2.71. The first-order valence-corrected chi connectivity index (χ1v) is 12.8. The van der Waals surface area contributed by atoms with E-state index in [4.69, 9.17) is 4.42 Å². The van der Waals surface area contributed by atoms with E-state index < -0.39 is 11.8 Å². The van der Waals surface area contributed by atoms with Gasteiger partial charge in [0.05, 0.1) is 12.8 Å². The average molecular weight is 502 g/mol. The van der Waals surface area contributed by atoms with Crippen molar-refractivity contribution >= 4 is 40.9 Å². The van der Waals surface area contributed by atoms with Crippen LogP contribution in [-0.4, -0.2) is 22.6 Å². The molecule has 5 rings (SSSR count). The number of anilines is 2. The van der Waals surface area contributed by atoms with Crippen LogP contribution < -0.4 is 10.6 Å². The van der Waals surface area contributed by atoms with Crippen molar-refractivity contribution in [3.8, 4) is 0 Å². The van der Waals surface area contributed by atoms with Gasteiger partial charge in [-0.2, -0.15) is 0 Å². The summed E-state index contributed by atoms with van der Waals surface area (Å²) < 4.78 is 5.38. The van der Waals surface area contributed by atoms with Crippen molar-refractivity contribution in [3.63, 3.8) is 0 Å². The van der Waals surface area contributed by atoms with Crippen molar-refractivity contribution in [1.29, 1.82) is 0 Å². The van der Waals surface area contributed by atoms with Crippen molar-refractivity contribution in [2.75, 3.05) is 10.6 Å². The molecule has 3 aromatic rings. The summed E-state index contributed by atoms with van der Waals surface area (Å²) in [7, 11) is 0. The smallest absolute Gasteiger partial charge is 0.278 e. The van der Waals surface area contributed by atoms with E-state index in [1.165, 1.54) is 22.9 Å². The lowest BCUT2D eigenvalue weighted by Crippen LogP contribution is -2.31. The Balaban J connectivity index is 1.40. The molecular weight excluding hydrogens is 474 g/mol. The summed E-state index contributed by atoms with van der Waals surface area (Å²) in [5, 5.41) is 6.16. The molecule has 2 heterocycles. The van der Waals surface area contributed by atoms with Crippen molar-refractivity contribution in [3.05, 3.63) is 88.9 Å². The second-order valence-electron chi connectivity index (χ2n) is 9.07. The number of furan rings is 1. The molecule has 184 valence electrons. The molecule has 0 bridgehead atoms. The molecule has 0 radical (unpaired) electrons. The maximum absolute atomic E-state index is 13.4. The minimum atomic E-state index is -0.412. The molecule has 7 nitrogen and oxygen atoms in total. The Kier molecular flexibility index (Phi) is 6.95. The zero-order chi connectivity index (χ0) is 25.1. The number of thioether (sulfide) groups is 1. The van der Waals surface area contributed by atoms with E-state index in [-0.39, 0.29) is 24.1 Å². The molecule has 1 fully saturated rings. The Bertz CT molecular complexity index is 1310. The SMILES string of the molecule is Cc1ccc(NC2=C(Sc3cccc(NC(=O)C4CCCC4)c3)C(=O)N(Cc3ccco3)C2=O)cc1. The lowest BCUT2D eigenvalue weighted by Gasteiger charge is -2.13. The number of carbonyl (C=O) groups excluding carboxylic acids is 3.